The van der Waals surface area contributed by atoms with Gasteiger partial charge in [-0.3, -0.25) is 4.79 Å². The number of carbonyl (C=O) groups excluding carboxylic acids is 2. The predicted molar refractivity (Wildman–Crippen MR) is 99.1 cm³/mol. The van der Waals surface area contributed by atoms with Gasteiger partial charge in [-0.15, -0.1) is 6.58 Å². The highest BCUT2D eigenvalue weighted by Gasteiger charge is 2.65. The van der Waals surface area contributed by atoms with E-state index in [1.807, 2.05) is 6.08 Å². The quantitative estimate of drug-likeness (QED) is 0.519. The van der Waals surface area contributed by atoms with Crippen LogP contribution in [0.25, 0.3) is 0 Å². The van der Waals surface area contributed by atoms with E-state index < -0.39 is 0 Å². The maximum absolute atomic E-state index is 11.9. The number of carbonyl (C=O) groups is 2. The molecule has 0 radical (unpaired) electrons. The van der Waals surface area contributed by atoms with E-state index in [0.29, 0.717) is 41.8 Å². The molecule has 3 heteroatoms. The highest BCUT2D eigenvalue weighted by atomic mass is 16.6. The fourth-order valence-corrected chi connectivity index (χ4v) is 7.45. The Morgan fingerprint density at radius 2 is 2.08 bits per heavy atom. The molecule has 5 rings (SSSR count). The lowest BCUT2D eigenvalue weighted by Gasteiger charge is -2.57. The zero-order chi connectivity index (χ0) is 18.1. The Labute approximate surface area is 155 Å². The summed E-state index contributed by atoms with van der Waals surface area (Å²) in [6, 6.07) is 0. The number of hydrogen-bond acceptors (Lipinski definition) is 3. The van der Waals surface area contributed by atoms with Crippen LogP contribution in [0, 0.1) is 35.0 Å². The van der Waals surface area contributed by atoms with Gasteiger partial charge in [0.05, 0.1) is 0 Å². The molecule has 26 heavy (non-hydrogen) atoms. The van der Waals surface area contributed by atoms with Crippen LogP contribution in [0.15, 0.2) is 36.5 Å². The van der Waals surface area contributed by atoms with Gasteiger partial charge in [0, 0.05) is 17.9 Å². The summed E-state index contributed by atoms with van der Waals surface area (Å²) in [4.78, 5) is 23.8. The van der Waals surface area contributed by atoms with Crippen LogP contribution in [0.1, 0.15) is 51.9 Å². The zero-order valence-electron chi connectivity index (χ0n) is 15.6. The van der Waals surface area contributed by atoms with Gasteiger partial charge in [0.1, 0.15) is 5.60 Å². The lowest BCUT2D eigenvalue weighted by Crippen LogP contribution is -2.54. The second kappa shape index (κ2) is 5.43. The zero-order valence-corrected chi connectivity index (χ0v) is 15.6. The highest BCUT2D eigenvalue weighted by molar-refractivity contribution is 5.91. The monoisotopic (exact) mass is 352 g/mol. The molecule has 138 valence electrons. The van der Waals surface area contributed by atoms with E-state index in [-0.39, 0.29) is 17.0 Å². The Morgan fingerprint density at radius 3 is 2.81 bits per heavy atom. The fourth-order valence-electron chi connectivity index (χ4n) is 7.45. The minimum absolute atomic E-state index is 0.0315. The summed E-state index contributed by atoms with van der Waals surface area (Å²) in [5.74, 6) is 2.98. The molecule has 0 aromatic carbocycles. The normalized spacial score (nSPS) is 49.3. The van der Waals surface area contributed by atoms with Gasteiger partial charge in [0.25, 0.3) is 0 Å². The van der Waals surface area contributed by atoms with Crippen molar-refractivity contribution in [3.63, 3.8) is 0 Å². The summed E-state index contributed by atoms with van der Waals surface area (Å²) in [5.41, 5.74) is 1.03. The average molecular weight is 352 g/mol. The van der Waals surface area contributed by atoms with Crippen molar-refractivity contribution < 1.29 is 14.3 Å². The number of ether oxygens (including phenoxy) is 1. The number of allylic oxidation sites excluding steroid dienone is 2. The van der Waals surface area contributed by atoms with Gasteiger partial charge in [0.2, 0.25) is 0 Å². The average Bonchev–Trinajstić information content (AvgIpc) is 3.14. The van der Waals surface area contributed by atoms with Crippen LogP contribution in [0.5, 0.6) is 0 Å². The van der Waals surface area contributed by atoms with Crippen LogP contribution in [-0.2, 0) is 14.3 Å². The van der Waals surface area contributed by atoms with E-state index in [4.69, 9.17) is 4.74 Å². The van der Waals surface area contributed by atoms with Gasteiger partial charge in [-0.1, -0.05) is 18.6 Å². The Bertz CT molecular complexity index is 747. The SMILES string of the molecule is C=C[C@@H]1CC2=CC(=O)CC[C@@H]2C2CC[C@@]3(C)C(CC[C@@]34C=CC(=O)O4)C21. The van der Waals surface area contributed by atoms with E-state index in [9.17, 15) is 9.59 Å². The van der Waals surface area contributed by atoms with Crippen LogP contribution in [0.3, 0.4) is 0 Å². The van der Waals surface area contributed by atoms with Gasteiger partial charge in [-0.2, -0.15) is 0 Å². The van der Waals surface area contributed by atoms with Gasteiger partial charge in [0.15, 0.2) is 5.78 Å². The molecule has 0 bridgehead atoms. The number of fused-ring (bicyclic) bond motifs is 6. The molecule has 4 aliphatic carbocycles. The number of hydrogen-bond donors (Lipinski definition) is 0. The van der Waals surface area contributed by atoms with Gasteiger partial charge >= 0.3 is 5.97 Å². The number of ketones is 1. The van der Waals surface area contributed by atoms with Crippen LogP contribution in [-0.4, -0.2) is 17.4 Å². The van der Waals surface area contributed by atoms with Crippen LogP contribution in [0.4, 0.5) is 0 Å². The first kappa shape index (κ1) is 16.5. The molecular formula is C23H28O3. The van der Waals surface area contributed by atoms with Crippen LogP contribution in [0.2, 0.25) is 0 Å². The summed E-state index contributed by atoms with van der Waals surface area (Å²) in [5, 5.41) is 0. The minimum atomic E-state index is -0.385. The number of esters is 1. The lowest BCUT2D eigenvalue weighted by molar-refractivity contribution is -0.162. The molecule has 7 atom stereocenters. The second-order valence-electron chi connectivity index (χ2n) is 9.42. The largest absolute Gasteiger partial charge is 0.451 e. The van der Waals surface area contributed by atoms with Crippen LogP contribution >= 0.6 is 0 Å². The maximum Gasteiger partial charge on any atom is 0.331 e. The molecule has 5 aliphatic rings. The first-order chi connectivity index (χ1) is 12.5. The molecule has 1 aliphatic heterocycles. The third-order valence-corrected chi connectivity index (χ3v) is 8.65. The Hall–Kier alpha value is -1.64. The number of rotatable bonds is 1. The summed E-state index contributed by atoms with van der Waals surface area (Å²) < 4.78 is 5.92. The summed E-state index contributed by atoms with van der Waals surface area (Å²) >= 11 is 0. The van der Waals surface area contributed by atoms with Crippen molar-refractivity contribution in [3.05, 3.63) is 36.5 Å². The van der Waals surface area contributed by atoms with Crippen molar-refractivity contribution in [1.82, 2.24) is 0 Å². The summed E-state index contributed by atoms with van der Waals surface area (Å²) in [7, 11) is 0. The molecule has 0 N–H and O–H groups in total. The molecule has 3 saturated carbocycles. The molecule has 3 nitrogen and oxygen atoms in total. The van der Waals surface area contributed by atoms with Gasteiger partial charge in [-0.05, 0) is 80.3 Å². The molecule has 0 aromatic heterocycles. The maximum atomic E-state index is 11.9. The molecule has 1 spiro atoms. The minimum Gasteiger partial charge on any atom is -0.451 e. The van der Waals surface area contributed by atoms with E-state index >= 15 is 0 Å². The van der Waals surface area contributed by atoms with Crippen molar-refractivity contribution in [2.45, 2.75) is 57.5 Å². The molecule has 3 unspecified atom stereocenters. The van der Waals surface area contributed by atoms with Crippen LogP contribution < -0.4 is 0 Å². The van der Waals surface area contributed by atoms with E-state index in [2.05, 4.69) is 25.7 Å². The standard InChI is InChI=1S/C23H28O3/c1-3-14-12-15-13-16(24)4-5-17(15)18-6-9-22(2)19(21(14)18)7-10-23(22)11-8-20(25)26-23/h3,8,11,13-14,17-19,21H,1,4-7,9-10,12H2,2H3/t14-,17+,18?,19?,21?,22+,23-/m1/s1. The Morgan fingerprint density at radius 1 is 1.23 bits per heavy atom. The smallest absolute Gasteiger partial charge is 0.331 e. The first-order valence-electron chi connectivity index (χ1n) is 10.3. The third-order valence-electron chi connectivity index (χ3n) is 8.65. The Balaban J connectivity index is 1.53. The third kappa shape index (κ3) is 2.00. The molecule has 0 saturated heterocycles. The second-order valence-corrected chi connectivity index (χ2v) is 9.42. The summed E-state index contributed by atoms with van der Waals surface area (Å²) in [6.45, 7) is 6.52. The lowest BCUT2D eigenvalue weighted by atomic mass is 9.48. The van der Waals surface area contributed by atoms with Crippen molar-refractivity contribution in [2.24, 2.45) is 35.0 Å². The molecule has 1 heterocycles. The van der Waals surface area contributed by atoms with Crippen molar-refractivity contribution in [2.75, 3.05) is 0 Å². The van der Waals surface area contributed by atoms with Gasteiger partial charge in [-0.25, -0.2) is 4.79 Å². The van der Waals surface area contributed by atoms with E-state index in [1.54, 1.807) is 6.08 Å². The Kier molecular flexibility index (Phi) is 3.45. The predicted octanol–water partition coefficient (Wildman–Crippen LogP) is 4.39. The molecular weight excluding hydrogens is 324 g/mol. The summed E-state index contributed by atoms with van der Waals surface area (Å²) in [6.07, 6.45) is 14.9. The van der Waals surface area contributed by atoms with E-state index in [1.165, 1.54) is 12.0 Å². The van der Waals surface area contributed by atoms with Crippen molar-refractivity contribution in [1.29, 1.82) is 0 Å². The van der Waals surface area contributed by atoms with Crippen molar-refractivity contribution in [3.8, 4) is 0 Å². The van der Waals surface area contributed by atoms with Crippen molar-refractivity contribution >= 4 is 11.8 Å². The molecule has 3 fully saturated rings. The highest BCUT2D eigenvalue weighted by Crippen LogP contribution is 2.67. The molecule has 0 aromatic rings. The topological polar surface area (TPSA) is 43.4 Å². The fraction of sp³-hybridized carbons (Fsp3) is 0.652. The first-order valence-corrected chi connectivity index (χ1v) is 10.3. The molecule has 0 amide bonds. The van der Waals surface area contributed by atoms with E-state index in [0.717, 1.165) is 32.1 Å². The van der Waals surface area contributed by atoms with Gasteiger partial charge < -0.3 is 4.74 Å².